The minimum Gasteiger partial charge on any atom is -0.481 e. The summed E-state index contributed by atoms with van der Waals surface area (Å²) in [5.41, 5.74) is 0. The van der Waals surface area contributed by atoms with Crippen LogP contribution < -0.4 is 0 Å². The highest BCUT2D eigenvalue weighted by Crippen LogP contribution is 2.02. The Kier molecular flexibility index (Phi) is 19.1. The van der Waals surface area contributed by atoms with Crippen LogP contribution in [0.1, 0.15) is 58.8 Å². The Hall–Kier alpha value is -1.31. The predicted molar refractivity (Wildman–Crippen MR) is 79.8 cm³/mol. The molecule has 2 nitrogen and oxygen atoms in total. The molecule has 0 bridgehead atoms. The van der Waals surface area contributed by atoms with Crippen molar-refractivity contribution in [1.29, 1.82) is 0 Å². The van der Waals surface area contributed by atoms with E-state index in [2.05, 4.69) is 31.7 Å². The quantitative estimate of drug-likeness (QED) is 0.351. The van der Waals surface area contributed by atoms with Crippen molar-refractivity contribution in [2.24, 2.45) is 0 Å². The lowest BCUT2D eigenvalue weighted by molar-refractivity contribution is -0.134. The highest BCUT2D eigenvalue weighted by Gasteiger charge is 1.82. The maximum absolute atomic E-state index is 9.00. The van der Waals surface area contributed by atoms with Gasteiger partial charge in [0.25, 0.3) is 5.97 Å². The summed E-state index contributed by atoms with van der Waals surface area (Å²) in [7, 11) is 0. The Morgan fingerprint density at radius 1 is 1.06 bits per heavy atom. The zero-order valence-corrected chi connectivity index (χ0v) is 11.9. The minimum atomic E-state index is -0.833. The normalized spacial score (nSPS) is 10.3. The number of carbonyl (C=O) groups is 1. The van der Waals surface area contributed by atoms with Gasteiger partial charge in [-0.1, -0.05) is 56.7 Å². The summed E-state index contributed by atoms with van der Waals surface area (Å²) in [6.45, 7) is 6.96. The van der Waals surface area contributed by atoms with E-state index < -0.39 is 5.97 Å². The minimum absolute atomic E-state index is 0.833. The van der Waals surface area contributed by atoms with Crippen LogP contribution in [0.15, 0.2) is 37.0 Å². The van der Waals surface area contributed by atoms with Crippen LogP contribution in [0.5, 0.6) is 0 Å². The Morgan fingerprint density at radius 3 is 2.06 bits per heavy atom. The van der Waals surface area contributed by atoms with Gasteiger partial charge >= 0.3 is 0 Å². The van der Waals surface area contributed by atoms with Crippen molar-refractivity contribution >= 4 is 5.97 Å². The number of hydrogen-bond donors (Lipinski definition) is 1. The second kappa shape index (κ2) is 18.1. The van der Waals surface area contributed by atoms with Crippen molar-refractivity contribution in [3.05, 3.63) is 37.0 Å². The lowest BCUT2D eigenvalue weighted by Crippen LogP contribution is -1.78. The number of carboxylic acid groups (broad SMARTS) is 1. The first-order chi connectivity index (χ1) is 8.65. The highest BCUT2D eigenvalue weighted by atomic mass is 16.4. The standard InChI is InChI=1S/C14H24.C2H4O2/c1-3-5-7-9-11-13-14-12-10-8-6-4-2;1-2(3)4/h3,5,7,12,14H,1,4,6,8-11,13H2,2H3;1H3,(H,3,4)/b7-5-,14-12?;. The van der Waals surface area contributed by atoms with Gasteiger partial charge in [0.1, 0.15) is 0 Å². The molecule has 0 rings (SSSR count). The zero-order chi connectivity index (χ0) is 14.1. The topological polar surface area (TPSA) is 37.3 Å². The molecule has 0 aliphatic heterocycles. The van der Waals surface area contributed by atoms with Gasteiger partial charge in [0.15, 0.2) is 0 Å². The average molecular weight is 252 g/mol. The third-order valence-electron chi connectivity index (χ3n) is 2.15. The molecule has 0 spiro atoms. The smallest absolute Gasteiger partial charge is 0.300 e. The first-order valence-corrected chi connectivity index (χ1v) is 6.77. The molecule has 0 aromatic heterocycles. The van der Waals surface area contributed by atoms with E-state index in [-0.39, 0.29) is 0 Å². The van der Waals surface area contributed by atoms with Gasteiger partial charge in [0.2, 0.25) is 0 Å². The van der Waals surface area contributed by atoms with Gasteiger partial charge in [-0.05, 0) is 32.1 Å². The molecule has 0 fully saturated rings. The third kappa shape index (κ3) is 29.3. The second-order valence-electron chi connectivity index (χ2n) is 4.08. The van der Waals surface area contributed by atoms with Crippen LogP contribution in [-0.2, 0) is 4.79 Å². The molecule has 1 N–H and O–H groups in total. The van der Waals surface area contributed by atoms with Gasteiger partial charge in [-0.25, -0.2) is 0 Å². The van der Waals surface area contributed by atoms with Crippen LogP contribution in [0.2, 0.25) is 0 Å². The molecule has 0 aliphatic rings. The summed E-state index contributed by atoms with van der Waals surface area (Å²) in [6.07, 6.45) is 19.6. The van der Waals surface area contributed by atoms with Crippen LogP contribution >= 0.6 is 0 Å². The van der Waals surface area contributed by atoms with Gasteiger partial charge in [-0.2, -0.15) is 0 Å². The summed E-state index contributed by atoms with van der Waals surface area (Å²) in [5.74, 6) is -0.833. The Labute approximate surface area is 112 Å². The molecule has 0 unspecified atom stereocenters. The number of aliphatic carboxylic acids is 1. The van der Waals surface area contributed by atoms with E-state index >= 15 is 0 Å². The van der Waals surface area contributed by atoms with Crippen LogP contribution in [-0.4, -0.2) is 11.1 Å². The number of rotatable bonds is 9. The molecule has 0 saturated heterocycles. The van der Waals surface area contributed by atoms with Crippen molar-refractivity contribution in [2.45, 2.75) is 58.8 Å². The number of allylic oxidation sites excluding steroid dienone is 5. The third-order valence-corrected chi connectivity index (χ3v) is 2.15. The molecule has 0 aromatic carbocycles. The van der Waals surface area contributed by atoms with E-state index in [9.17, 15) is 0 Å². The molecule has 0 saturated carbocycles. The second-order valence-corrected chi connectivity index (χ2v) is 4.08. The summed E-state index contributed by atoms with van der Waals surface area (Å²) in [5, 5.41) is 7.42. The largest absolute Gasteiger partial charge is 0.481 e. The first kappa shape index (κ1) is 19.0. The van der Waals surface area contributed by atoms with Crippen molar-refractivity contribution in [1.82, 2.24) is 0 Å². The molecular formula is C16H28O2. The Morgan fingerprint density at radius 2 is 1.56 bits per heavy atom. The molecule has 0 heterocycles. The van der Waals surface area contributed by atoms with E-state index in [0.29, 0.717) is 0 Å². The van der Waals surface area contributed by atoms with Gasteiger partial charge in [0.05, 0.1) is 0 Å². The first-order valence-electron chi connectivity index (χ1n) is 6.77. The van der Waals surface area contributed by atoms with Crippen molar-refractivity contribution in [2.75, 3.05) is 0 Å². The fourth-order valence-corrected chi connectivity index (χ4v) is 1.29. The monoisotopic (exact) mass is 252 g/mol. The van der Waals surface area contributed by atoms with Gasteiger partial charge in [-0.15, -0.1) is 0 Å². The van der Waals surface area contributed by atoms with E-state index in [1.807, 2.05) is 12.2 Å². The maximum Gasteiger partial charge on any atom is 0.300 e. The number of unbranched alkanes of at least 4 members (excludes halogenated alkanes) is 5. The van der Waals surface area contributed by atoms with Crippen molar-refractivity contribution in [3.8, 4) is 0 Å². The molecule has 18 heavy (non-hydrogen) atoms. The summed E-state index contributed by atoms with van der Waals surface area (Å²) in [6, 6.07) is 0. The summed E-state index contributed by atoms with van der Waals surface area (Å²) < 4.78 is 0. The van der Waals surface area contributed by atoms with Gasteiger partial charge in [0, 0.05) is 6.92 Å². The zero-order valence-electron chi connectivity index (χ0n) is 11.9. The van der Waals surface area contributed by atoms with E-state index in [1.54, 1.807) is 0 Å². The summed E-state index contributed by atoms with van der Waals surface area (Å²) in [4.78, 5) is 9.00. The molecular weight excluding hydrogens is 224 g/mol. The average Bonchev–Trinajstić information content (AvgIpc) is 2.31. The lowest BCUT2D eigenvalue weighted by atomic mass is 10.1. The predicted octanol–water partition coefficient (Wildman–Crippen LogP) is 5.13. The number of carboxylic acids is 1. The van der Waals surface area contributed by atoms with Gasteiger partial charge < -0.3 is 5.11 Å². The maximum atomic E-state index is 9.00. The Bertz CT molecular complexity index is 235. The lowest BCUT2D eigenvalue weighted by Gasteiger charge is -1.92. The van der Waals surface area contributed by atoms with Crippen LogP contribution in [0, 0.1) is 0 Å². The van der Waals surface area contributed by atoms with Crippen LogP contribution in [0.4, 0.5) is 0 Å². The van der Waals surface area contributed by atoms with E-state index in [4.69, 9.17) is 9.90 Å². The molecule has 2 heteroatoms. The van der Waals surface area contributed by atoms with Crippen LogP contribution in [0.3, 0.4) is 0 Å². The van der Waals surface area contributed by atoms with E-state index in [1.165, 1.54) is 44.9 Å². The fourth-order valence-electron chi connectivity index (χ4n) is 1.29. The fraction of sp³-hybridized carbons (Fsp3) is 0.562. The highest BCUT2D eigenvalue weighted by molar-refractivity contribution is 5.62. The van der Waals surface area contributed by atoms with E-state index in [0.717, 1.165) is 6.92 Å². The number of hydrogen-bond acceptors (Lipinski definition) is 1. The van der Waals surface area contributed by atoms with Crippen molar-refractivity contribution in [3.63, 3.8) is 0 Å². The van der Waals surface area contributed by atoms with Crippen molar-refractivity contribution < 1.29 is 9.90 Å². The van der Waals surface area contributed by atoms with Crippen LogP contribution in [0.25, 0.3) is 0 Å². The molecule has 0 aromatic rings. The SMILES string of the molecule is C=C/C=C\CCCC=CCCCCC.CC(=O)O. The summed E-state index contributed by atoms with van der Waals surface area (Å²) >= 11 is 0. The van der Waals surface area contributed by atoms with Gasteiger partial charge in [-0.3, -0.25) is 4.79 Å². The molecule has 0 atom stereocenters. The Balaban J connectivity index is 0. The molecule has 0 radical (unpaired) electrons. The molecule has 0 aliphatic carbocycles. The molecule has 0 amide bonds. The molecule has 104 valence electrons.